The molecule has 1 aromatic heterocycles. The number of rotatable bonds is 2. The Balaban J connectivity index is 3.06. The zero-order valence-corrected chi connectivity index (χ0v) is 10.2. The Morgan fingerprint density at radius 3 is 2.29 bits per heavy atom. The molecule has 1 aromatic rings. The first-order valence-corrected chi connectivity index (χ1v) is 5.36. The van der Waals surface area contributed by atoms with Crippen LogP contribution in [-0.4, -0.2) is 10.2 Å². The van der Waals surface area contributed by atoms with E-state index in [9.17, 15) is 0 Å². The molecule has 0 amide bonds. The third-order valence-corrected chi connectivity index (χ3v) is 2.40. The van der Waals surface area contributed by atoms with E-state index in [1.54, 1.807) is 0 Å². The molecule has 0 aliphatic heterocycles. The van der Waals surface area contributed by atoms with Gasteiger partial charge in [0.05, 0.1) is 5.69 Å². The summed E-state index contributed by atoms with van der Waals surface area (Å²) in [5.74, 6) is 0.687. The van der Waals surface area contributed by atoms with Crippen molar-refractivity contribution in [3.05, 3.63) is 17.0 Å². The second-order valence-corrected chi connectivity index (χ2v) is 5.52. The van der Waals surface area contributed by atoms with Crippen LogP contribution in [0.1, 0.15) is 51.6 Å². The Bertz CT molecular complexity index is 303. The van der Waals surface area contributed by atoms with Gasteiger partial charge in [0.25, 0.3) is 0 Å². The first-order chi connectivity index (χ1) is 6.32. The molecule has 0 saturated carbocycles. The predicted octanol–water partition coefficient (Wildman–Crippen LogP) is 3.21. The summed E-state index contributed by atoms with van der Waals surface area (Å²) in [6.45, 7) is 13.3. The quantitative estimate of drug-likeness (QED) is 0.769. The average Bonchev–Trinajstić information content (AvgIpc) is 2.30. The van der Waals surface area contributed by atoms with Gasteiger partial charge >= 0.3 is 0 Å². The standard InChI is InChI=1S/C12H22N2/c1-8(2)7-10-9(3)13-14-11(10)12(4,5)6/h8H,7H2,1-6H3,(H,13,14). The third kappa shape index (κ3) is 2.37. The molecule has 1 rings (SSSR count). The van der Waals surface area contributed by atoms with Crippen LogP contribution in [0.5, 0.6) is 0 Å². The number of nitrogens with zero attached hydrogens (tertiary/aromatic N) is 1. The molecule has 0 radical (unpaired) electrons. The minimum absolute atomic E-state index is 0.148. The summed E-state index contributed by atoms with van der Waals surface area (Å²) in [4.78, 5) is 0. The van der Waals surface area contributed by atoms with Crippen molar-refractivity contribution in [3.8, 4) is 0 Å². The zero-order chi connectivity index (χ0) is 10.9. The number of hydrogen-bond acceptors (Lipinski definition) is 1. The Hall–Kier alpha value is -0.790. The number of aromatic amines is 1. The Morgan fingerprint density at radius 1 is 1.29 bits per heavy atom. The van der Waals surface area contributed by atoms with Crippen LogP contribution in [0.2, 0.25) is 0 Å². The van der Waals surface area contributed by atoms with Crippen molar-refractivity contribution in [1.29, 1.82) is 0 Å². The highest BCUT2D eigenvalue weighted by atomic mass is 15.1. The zero-order valence-electron chi connectivity index (χ0n) is 10.2. The molecule has 0 aliphatic carbocycles. The van der Waals surface area contributed by atoms with Crippen LogP contribution < -0.4 is 0 Å². The maximum absolute atomic E-state index is 4.42. The van der Waals surface area contributed by atoms with Crippen LogP contribution in [0.25, 0.3) is 0 Å². The van der Waals surface area contributed by atoms with Gasteiger partial charge in [-0.15, -0.1) is 0 Å². The summed E-state index contributed by atoms with van der Waals surface area (Å²) < 4.78 is 0. The molecule has 2 nitrogen and oxygen atoms in total. The monoisotopic (exact) mass is 194 g/mol. The van der Waals surface area contributed by atoms with E-state index in [-0.39, 0.29) is 5.41 Å². The molecule has 14 heavy (non-hydrogen) atoms. The lowest BCUT2D eigenvalue weighted by Crippen LogP contribution is -2.15. The van der Waals surface area contributed by atoms with Crippen molar-refractivity contribution in [3.63, 3.8) is 0 Å². The van der Waals surface area contributed by atoms with Crippen molar-refractivity contribution in [2.45, 2.75) is 53.4 Å². The smallest absolute Gasteiger partial charge is 0.0710 e. The van der Waals surface area contributed by atoms with E-state index in [0.29, 0.717) is 5.92 Å². The van der Waals surface area contributed by atoms with Gasteiger partial charge in [0.15, 0.2) is 0 Å². The van der Waals surface area contributed by atoms with Gasteiger partial charge in [0.2, 0.25) is 0 Å². The molecular weight excluding hydrogens is 172 g/mol. The van der Waals surface area contributed by atoms with Gasteiger partial charge in [-0.3, -0.25) is 5.10 Å². The Kier molecular flexibility index (Phi) is 3.03. The summed E-state index contributed by atoms with van der Waals surface area (Å²) in [7, 11) is 0. The maximum Gasteiger partial charge on any atom is 0.0710 e. The molecule has 0 aromatic carbocycles. The van der Waals surface area contributed by atoms with E-state index >= 15 is 0 Å². The van der Waals surface area contributed by atoms with Gasteiger partial charge in [-0.1, -0.05) is 34.6 Å². The molecule has 0 fully saturated rings. The van der Waals surface area contributed by atoms with Crippen molar-refractivity contribution >= 4 is 0 Å². The van der Waals surface area contributed by atoms with Crippen molar-refractivity contribution in [2.75, 3.05) is 0 Å². The highest BCUT2D eigenvalue weighted by Crippen LogP contribution is 2.27. The molecular formula is C12H22N2. The van der Waals surface area contributed by atoms with Crippen LogP contribution in [0.4, 0.5) is 0 Å². The van der Waals surface area contributed by atoms with Crippen LogP contribution in [0.15, 0.2) is 0 Å². The summed E-state index contributed by atoms with van der Waals surface area (Å²) >= 11 is 0. The lowest BCUT2D eigenvalue weighted by Gasteiger charge is -2.18. The molecule has 0 atom stereocenters. The largest absolute Gasteiger partial charge is 0.282 e. The first-order valence-electron chi connectivity index (χ1n) is 5.36. The molecule has 2 heteroatoms. The van der Waals surface area contributed by atoms with E-state index in [1.165, 1.54) is 17.0 Å². The Morgan fingerprint density at radius 2 is 1.86 bits per heavy atom. The molecule has 0 bridgehead atoms. The predicted molar refractivity (Wildman–Crippen MR) is 60.6 cm³/mol. The summed E-state index contributed by atoms with van der Waals surface area (Å²) in [6, 6.07) is 0. The van der Waals surface area contributed by atoms with Crippen LogP contribution >= 0.6 is 0 Å². The highest BCUT2D eigenvalue weighted by molar-refractivity contribution is 5.29. The van der Waals surface area contributed by atoms with Crippen LogP contribution in [0, 0.1) is 12.8 Å². The molecule has 80 valence electrons. The molecule has 0 saturated heterocycles. The molecule has 0 spiro atoms. The summed E-state index contributed by atoms with van der Waals surface area (Å²) in [6.07, 6.45) is 1.12. The van der Waals surface area contributed by atoms with E-state index in [0.717, 1.165) is 6.42 Å². The number of nitrogens with one attached hydrogen (secondary N) is 1. The number of aromatic nitrogens is 2. The normalized spacial score (nSPS) is 12.5. The average molecular weight is 194 g/mol. The fraction of sp³-hybridized carbons (Fsp3) is 0.750. The number of H-pyrrole nitrogens is 1. The lowest BCUT2D eigenvalue weighted by atomic mass is 9.86. The van der Waals surface area contributed by atoms with Crippen molar-refractivity contribution < 1.29 is 0 Å². The van der Waals surface area contributed by atoms with Crippen molar-refractivity contribution in [2.24, 2.45) is 5.92 Å². The second-order valence-electron chi connectivity index (χ2n) is 5.52. The fourth-order valence-corrected chi connectivity index (χ4v) is 1.73. The second kappa shape index (κ2) is 3.76. The minimum atomic E-state index is 0.148. The van der Waals surface area contributed by atoms with Crippen LogP contribution in [0.3, 0.4) is 0 Å². The van der Waals surface area contributed by atoms with E-state index in [2.05, 4.69) is 51.7 Å². The van der Waals surface area contributed by atoms with Gasteiger partial charge in [0, 0.05) is 11.1 Å². The summed E-state index contributed by atoms with van der Waals surface area (Å²) in [5.41, 5.74) is 4.01. The number of aryl methyl sites for hydroxylation is 1. The lowest BCUT2D eigenvalue weighted by molar-refractivity contribution is 0.549. The topological polar surface area (TPSA) is 28.7 Å². The molecule has 0 aliphatic rings. The summed E-state index contributed by atoms with van der Waals surface area (Å²) in [5, 5.41) is 7.51. The van der Waals surface area contributed by atoms with Gasteiger partial charge in [-0.05, 0) is 24.8 Å². The van der Waals surface area contributed by atoms with Gasteiger partial charge in [-0.2, -0.15) is 5.10 Å². The maximum atomic E-state index is 4.42. The Labute approximate surface area is 87.1 Å². The van der Waals surface area contributed by atoms with Gasteiger partial charge in [-0.25, -0.2) is 0 Å². The highest BCUT2D eigenvalue weighted by Gasteiger charge is 2.22. The molecule has 1 N–H and O–H groups in total. The first kappa shape index (κ1) is 11.3. The van der Waals surface area contributed by atoms with E-state index in [4.69, 9.17) is 0 Å². The van der Waals surface area contributed by atoms with E-state index < -0.39 is 0 Å². The molecule has 1 heterocycles. The molecule has 0 unspecified atom stereocenters. The fourth-order valence-electron chi connectivity index (χ4n) is 1.73. The third-order valence-electron chi connectivity index (χ3n) is 2.40. The van der Waals surface area contributed by atoms with Gasteiger partial charge < -0.3 is 0 Å². The SMILES string of the molecule is Cc1[nH]nc(C(C)(C)C)c1CC(C)C. The van der Waals surface area contributed by atoms with Crippen LogP contribution in [-0.2, 0) is 11.8 Å². The van der Waals surface area contributed by atoms with Crippen molar-refractivity contribution in [1.82, 2.24) is 10.2 Å². The van der Waals surface area contributed by atoms with E-state index in [1.807, 2.05) is 0 Å². The minimum Gasteiger partial charge on any atom is -0.282 e. The number of hydrogen-bond donors (Lipinski definition) is 1. The van der Waals surface area contributed by atoms with Gasteiger partial charge in [0.1, 0.15) is 0 Å².